The van der Waals surface area contributed by atoms with E-state index in [1.54, 1.807) is 0 Å². The van der Waals surface area contributed by atoms with Crippen molar-refractivity contribution in [1.29, 1.82) is 0 Å². The summed E-state index contributed by atoms with van der Waals surface area (Å²) >= 11 is 2.81. The van der Waals surface area contributed by atoms with Crippen molar-refractivity contribution in [2.24, 2.45) is 5.16 Å². The van der Waals surface area contributed by atoms with Crippen LogP contribution in [-0.2, 0) is 0 Å². The Balaban J connectivity index is 3.23. The average molecular weight is 236 g/mol. The van der Waals surface area contributed by atoms with Crippen molar-refractivity contribution >= 4 is 22.1 Å². The fourth-order valence-electron chi connectivity index (χ4n) is 0.699. The van der Waals surface area contributed by atoms with Crippen LogP contribution in [-0.4, -0.2) is 11.4 Å². The van der Waals surface area contributed by atoms with E-state index in [0.29, 0.717) is 0 Å². The Morgan fingerprint density at radius 1 is 1.33 bits per heavy atom. The van der Waals surface area contributed by atoms with Crippen LogP contribution in [0.5, 0.6) is 0 Å². The largest absolute Gasteiger partial charge is 0.411 e. The molecule has 0 aromatic heterocycles. The Morgan fingerprint density at radius 3 is 2.58 bits per heavy atom. The minimum atomic E-state index is -0.652. The second-order valence-corrected chi connectivity index (χ2v) is 2.89. The molecular weight excluding hydrogens is 232 g/mol. The number of hydrogen-bond acceptors (Lipinski definition) is 2. The number of oxime groups is 1. The van der Waals surface area contributed by atoms with Crippen molar-refractivity contribution in [3.63, 3.8) is 0 Å². The quantitative estimate of drug-likeness (QED) is 0.345. The highest BCUT2D eigenvalue weighted by molar-refractivity contribution is 9.10. The molecule has 2 nitrogen and oxygen atoms in total. The van der Waals surface area contributed by atoms with Gasteiger partial charge in [0, 0.05) is 5.56 Å². The molecule has 0 atom stereocenters. The highest BCUT2D eigenvalue weighted by Gasteiger charge is 2.05. The van der Waals surface area contributed by atoms with Gasteiger partial charge in [-0.05, 0) is 28.1 Å². The summed E-state index contributed by atoms with van der Waals surface area (Å²) in [5.74, 6) is -1.26. The lowest BCUT2D eigenvalue weighted by molar-refractivity contribution is 0.321. The molecule has 5 heteroatoms. The molecule has 1 rings (SSSR count). The lowest BCUT2D eigenvalue weighted by atomic mass is 10.2. The molecule has 0 unspecified atom stereocenters. The van der Waals surface area contributed by atoms with Gasteiger partial charge in [-0.2, -0.15) is 0 Å². The third-order valence-electron chi connectivity index (χ3n) is 1.24. The van der Waals surface area contributed by atoms with Gasteiger partial charge in [0.2, 0.25) is 0 Å². The molecule has 1 aromatic rings. The zero-order valence-electron chi connectivity index (χ0n) is 5.76. The van der Waals surface area contributed by atoms with Gasteiger partial charge in [-0.3, -0.25) is 0 Å². The third kappa shape index (κ3) is 1.79. The molecular formula is C7H4BrF2NO. The van der Waals surface area contributed by atoms with Crippen molar-refractivity contribution in [2.75, 3.05) is 0 Å². The standard InChI is InChI=1S/C7H4BrF2NO/c8-5-2-6(9)4(3-11-12)1-7(5)10/h1-3,12H/b11-3+. The maximum absolute atomic E-state index is 12.8. The van der Waals surface area contributed by atoms with Gasteiger partial charge in [0.1, 0.15) is 11.6 Å². The van der Waals surface area contributed by atoms with E-state index in [1.165, 1.54) is 0 Å². The van der Waals surface area contributed by atoms with Crippen molar-refractivity contribution in [1.82, 2.24) is 0 Å². The van der Waals surface area contributed by atoms with E-state index in [1.807, 2.05) is 0 Å². The molecule has 1 aromatic carbocycles. The van der Waals surface area contributed by atoms with Crippen LogP contribution < -0.4 is 0 Å². The first-order chi connectivity index (χ1) is 5.65. The second kappa shape index (κ2) is 3.62. The summed E-state index contributed by atoms with van der Waals surface area (Å²) in [6.07, 6.45) is 0.824. The molecule has 0 aliphatic rings. The van der Waals surface area contributed by atoms with Crippen LogP contribution in [0.15, 0.2) is 21.8 Å². The highest BCUT2D eigenvalue weighted by Crippen LogP contribution is 2.18. The van der Waals surface area contributed by atoms with Crippen molar-refractivity contribution in [3.8, 4) is 0 Å². The van der Waals surface area contributed by atoms with Crippen molar-refractivity contribution in [3.05, 3.63) is 33.8 Å². The predicted octanol–water partition coefficient (Wildman–Crippen LogP) is 2.54. The third-order valence-corrected chi connectivity index (χ3v) is 1.84. The first-order valence-corrected chi connectivity index (χ1v) is 3.76. The smallest absolute Gasteiger partial charge is 0.138 e. The molecule has 0 radical (unpaired) electrons. The van der Waals surface area contributed by atoms with Crippen molar-refractivity contribution in [2.45, 2.75) is 0 Å². The summed E-state index contributed by atoms with van der Waals surface area (Å²) in [7, 11) is 0. The fraction of sp³-hybridized carbons (Fsp3) is 0. The zero-order valence-corrected chi connectivity index (χ0v) is 7.35. The topological polar surface area (TPSA) is 32.6 Å². The van der Waals surface area contributed by atoms with Crippen LogP contribution in [0.4, 0.5) is 8.78 Å². The molecule has 0 bridgehead atoms. The van der Waals surface area contributed by atoms with Gasteiger partial charge in [0.05, 0.1) is 10.7 Å². The molecule has 0 saturated carbocycles. The molecule has 0 aliphatic carbocycles. The molecule has 64 valence electrons. The molecule has 0 amide bonds. The minimum Gasteiger partial charge on any atom is -0.411 e. The number of nitrogens with zero attached hydrogens (tertiary/aromatic N) is 1. The van der Waals surface area contributed by atoms with Crippen LogP contribution in [0.2, 0.25) is 0 Å². The summed E-state index contributed by atoms with van der Waals surface area (Å²) < 4.78 is 25.6. The van der Waals surface area contributed by atoms with Gasteiger partial charge >= 0.3 is 0 Å². The van der Waals surface area contributed by atoms with Crippen LogP contribution in [0, 0.1) is 11.6 Å². The zero-order chi connectivity index (χ0) is 9.14. The van der Waals surface area contributed by atoms with Gasteiger partial charge in [-0.25, -0.2) is 8.78 Å². The Bertz CT molecular complexity index is 327. The van der Waals surface area contributed by atoms with E-state index >= 15 is 0 Å². The van der Waals surface area contributed by atoms with Gasteiger partial charge in [-0.1, -0.05) is 5.16 Å². The summed E-state index contributed by atoms with van der Waals surface area (Å²) in [5.41, 5.74) is -0.0989. The van der Waals surface area contributed by atoms with E-state index in [2.05, 4.69) is 21.1 Å². The molecule has 0 heterocycles. The molecule has 12 heavy (non-hydrogen) atoms. The second-order valence-electron chi connectivity index (χ2n) is 2.03. The van der Waals surface area contributed by atoms with Crippen LogP contribution in [0.25, 0.3) is 0 Å². The van der Waals surface area contributed by atoms with Crippen LogP contribution in [0.1, 0.15) is 5.56 Å². The number of benzene rings is 1. The summed E-state index contributed by atoms with van der Waals surface area (Å²) in [6, 6.07) is 1.89. The number of halogens is 3. The van der Waals surface area contributed by atoms with E-state index in [4.69, 9.17) is 5.21 Å². The van der Waals surface area contributed by atoms with Crippen LogP contribution >= 0.6 is 15.9 Å². The Morgan fingerprint density at radius 2 is 2.00 bits per heavy atom. The fourth-order valence-corrected chi connectivity index (χ4v) is 1.01. The molecule has 0 saturated heterocycles. The molecule has 0 spiro atoms. The number of hydrogen-bond donors (Lipinski definition) is 1. The molecule has 0 aliphatic heterocycles. The Labute approximate surface area is 75.6 Å². The monoisotopic (exact) mass is 235 g/mol. The molecule has 1 N–H and O–H groups in total. The van der Waals surface area contributed by atoms with E-state index in [9.17, 15) is 8.78 Å². The van der Waals surface area contributed by atoms with Gasteiger partial charge in [0.25, 0.3) is 0 Å². The first-order valence-electron chi connectivity index (χ1n) is 2.97. The maximum atomic E-state index is 12.8. The van der Waals surface area contributed by atoms with E-state index in [-0.39, 0.29) is 10.0 Å². The summed E-state index contributed by atoms with van der Waals surface area (Å²) in [6.45, 7) is 0. The average Bonchev–Trinajstić information content (AvgIpc) is 2.01. The lowest BCUT2D eigenvalue weighted by Gasteiger charge is -1.97. The minimum absolute atomic E-state index is 0.0371. The predicted molar refractivity (Wildman–Crippen MR) is 43.4 cm³/mol. The highest BCUT2D eigenvalue weighted by atomic mass is 79.9. The van der Waals surface area contributed by atoms with Crippen LogP contribution in [0.3, 0.4) is 0 Å². The van der Waals surface area contributed by atoms with E-state index in [0.717, 1.165) is 18.3 Å². The maximum Gasteiger partial charge on any atom is 0.138 e. The normalized spacial score (nSPS) is 10.9. The van der Waals surface area contributed by atoms with Gasteiger partial charge in [0.15, 0.2) is 0 Å². The summed E-state index contributed by atoms with van der Waals surface area (Å²) in [4.78, 5) is 0. The Hall–Kier alpha value is -0.970. The van der Waals surface area contributed by atoms with Crippen molar-refractivity contribution < 1.29 is 14.0 Å². The van der Waals surface area contributed by atoms with Gasteiger partial charge in [-0.15, -0.1) is 0 Å². The number of rotatable bonds is 1. The lowest BCUT2D eigenvalue weighted by Crippen LogP contribution is -1.91. The Kier molecular flexibility index (Phi) is 2.75. The van der Waals surface area contributed by atoms with Gasteiger partial charge < -0.3 is 5.21 Å². The molecule has 0 fully saturated rings. The first kappa shape index (κ1) is 9.12. The SMILES string of the molecule is O/N=C/c1cc(F)c(Br)cc1F. The summed E-state index contributed by atoms with van der Waals surface area (Å²) in [5, 5.41) is 10.7. The van der Waals surface area contributed by atoms with E-state index < -0.39 is 11.6 Å².